The average Bonchev–Trinajstić information content (AvgIpc) is 3.13. The largest absolute Gasteiger partial charge is 0.489 e. The molecule has 0 atom stereocenters. The third-order valence-electron chi connectivity index (χ3n) is 3.74. The summed E-state index contributed by atoms with van der Waals surface area (Å²) in [4.78, 5) is 15.7. The van der Waals surface area contributed by atoms with E-state index in [0.29, 0.717) is 28.7 Å². The van der Waals surface area contributed by atoms with Crippen molar-refractivity contribution < 1.29 is 23.0 Å². The molecule has 0 aliphatic heterocycles. The van der Waals surface area contributed by atoms with Gasteiger partial charge in [0.2, 0.25) is 5.13 Å². The molecule has 0 saturated heterocycles. The Morgan fingerprint density at radius 1 is 1.23 bits per heavy atom. The lowest BCUT2D eigenvalue weighted by molar-refractivity contribution is -0.142. The van der Waals surface area contributed by atoms with Crippen LogP contribution in [0.5, 0.6) is 5.75 Å². The monoisotopic (exact) mass is 431 g/mol. The fraction of sp³-hybridized carbons (Fsp3) is 0.190. The maximum atomic E-state index is 13.2. The quantitative estimate of drug-likeness (QED) is 0.306. The van der Waals surface area contributed by atoms with Crippen molar-refractivity contribution in [1.29, 1.82) is 0 Å². The normalized spacial score (nSPS) is 10.9. The summed E-state index contributed by atoms with van der Waals surface area (Å²) < 4.78 is 37.0. The molecule has 0 aliphatic rings. The van der Waals surface area contributed by atoms with E-state index in [9.17, 15) is 13.6 Å². The summed E-state index contributed by atoms with van der Waals surface area (Å²) in [6, 6.07) is 10.4. The molecule has 2 aromatic carbocycles. The van der Waals surface area contributed by atoms with Crippen molar-refractivity contribution in [3.05, 3.63) is 76.3 Å². The molecule has 30 heavy (non-hydrogen) atoms. The van der Waals surface area contributed by atoms with Crippen molar-refractivity contribution in [1.82, 2.24) is 4.98 Å². The smallest absolute Gasteiger partial charge is 0.311 e. The highest BCUT2D eigenvalue weighted by Crippen LogP contribution is 2.17. The Kier molecular flexibility index (Phi) is 7.45. The number of benzene rings is 2. The molecule has 0 saturated carbocycles. The Hall–Kier alpha value is -3.33. The molecule has 0 amide bonds. The first-order valence-electron chi connectivity index (χ1n) is 9.09. The molecule has 0 spiro atoms. The van der Waals surface area contributed by atoms with Gasteiger partial charge in [-0.2, -0.15) is 5.10 Å². The molecule has 6 nitrogen and oxygen atoms in total. The van der Waals surface area contributed by atoms with Crippen LogP contribution in [-0.2, 0) is 22.6 Å². The zero-order valence-corrected chi connectivity index (χ0v) is 16.9. The number of halogens is 2. The Morgan fingerprint density at radius 2 is 2.03 bits per heavy atom. The van der Waals surface area contributed by atoms with Crippen LogP contribution < -0.4 is 10.2 Å². The Morgan fingerprint density at radius 3 is 2.80 bits per heavy atom. The van der Waals surface area contributed by atoms with Crippen LogP contribution in [0.2, 0.25) is 0 Å². The lowest BCUT2D eigenvalue weighted by atomic mass is 10.2. The van der Waals surface area contributed by atoms with E-state index in [0.717, 1.165) is 11.6 Å². The van der Waals surface area contributed by atoms with Gasteiger partial charge in [-0.25, -0.2) is 13.8 Å². The number of nitrogens with zero attached hydrogens (tertiary/aromatic N) is 2. The van der Waals surface area contributed by atoms with Crippen LogP contribution in [0.1, 0.15) is 23.7 Å². The number of carbonyl (C=O) groups excluding carboxylic acids is 1. The van der Waals surface area contributed by atoms with E-state index < -0.39 is 11.6 Å². The molecule has 0 aliphatic carbocycles. The molecule has 9 heteroatoms. The average molecular weight is 431 g/mol. The third-order valence-corrected chi connectivity index (χ3v) is 4.54. The zero-order valence-electron chi connectivity index (χ0n) is 16.1. The predicted molar refractivity (Wildman–Crippen MR) is 111 cm³/mol. The van der Waals surface area contributed by atoms with Crippen molar-refractivity contribution in [3.8, 4) is 5.75 Å². The minimum absolute atomic E-state index is 0.0376. The fourth-order valence-electron chi connectivity index (χ4n) is 2.51. The molecule has 3 aromatic rings. The summed E-state index contributed by atoms with van der Waals surface area (Å²) in [6.07, 6.45) is 1.70. The van der Waals surface area contributed by atoms with Crippen LogP contribution in [0.4, 0.5) is 13.9 Å². The summed E-state index contributed by atoms with van der Waals surface area (Å²) in [7, 11) is 0. The minimum Gasteiger partial charge on any atom is -0.489 e. The molecule has 0 radical (unpaired) electrons. The number of rotatable bonds is 9. The molecule has 3 rings (SSSR count). The molecule has 0 bridgehead atoms. The first kappa shape index (κ1) is 21.4. The predicted octanol–water partition coefficient (Wildman–Crippen LogP) is 4.55. The Labute approximate surface area is 176 Å². The SMILES string of the molecule is CCOC(=O)Cc1csc(NN=Cc2cccc(OCc3cc(F)cc(F)c3)c2)n1. The van der Waals surface area contributed by atoms with Gasteiger partial charge in [0.25, 0.3) is 0 Å². The van der Waals surface area contributed by atoms with Gasteiger partial charge < -0.3 is 9.47 Å². The van der Waals surface area contributed by atoms with E-state index in [2.05, 4.69) is 15.5 Å². The van der Waals surface area contributed by atoms with Crippen LogP contribution in [0.15, 0.2) is 52.9 Å². The highest BCUT2D eigenvalue weighted by Gasteiger charge is 2.08. The number of carbonyl (C=O) groups is 1. The van der Waals surface area contributed by atoms with Crippen LogP contribution in [-0.4, -0.2) is 23.8 Å². The second kappa shape index (κ2) is 10.4. The van der Waals surface area contributed by atoms with E-state index in [-0.39, 0.29) is 19.0 Å². The van der Waals surface area contributed by atoms with E-state index in [1.165, 1.54) is 23.5 Å². The number of hydrogen-bond donors (Lipinski definition) is 1. The number of thiazole rings is 1. The number of ether oxygens (including phenoxy) is 2. The second-order valence-electron chi connectivity index (χ2n) is 6.13. The van der Waals surface area contributed by atoms with E-state index >= 15 is 0 Å². The van der Waals surface area contributed by atoms with Crippen LogP contribution in [0.25, 0.3) is 0 Å². The number of hydrazone groups is 1. The second-order valence-corrected chi connectivity index (χ2v) is 6.99. The molecule has 1 aromatic heterocycles. The van der Waals surface area contributed by atoms with Gasteiger partial charge in [0.1, 0.15) is 24.0 Å². The minimum atomic E-state index is -0.645. The number of hydrogen-bond acceptors (Lipinski definition) is 7. The van der Waals surface area contributed by atoms with E-state index in [4.69, 9.17) is 9.47 Å². The zero-order chi connectivity index (χ0) is 21.3. The van der Waals surface area contributed by atoms with Crippen LogP contribution in [0.3, 0.4) is 0 Å². The first-order valence-corrected chi connectivity index (χ1v) is 9.96. The van der Waals surface area contributed by atoms with Gasteiger partial charge in [-0.1, -0.05) is 12.1 Å². The van der Waals surface area contributed by atoms with Gasteiger partial charge in [-0.3, -0.25) is 10.2 Å². The fourth-order valence-corrected chi connectivity index (χ4v) is 3.17. The highest BCUT2D eigenvalue weighted by atomic mass is 32.1. The van der Waals surface area contributed by atoms with Crippen molar-refractivity contribution >= 4 is 28.7 Å². The summed E-state index contributed by atoms with van der Waals surface area (Å²) in [5, 5.41) is 6.43. The number of nitrogens with one attached hydrogen (secondary N) is 1. The summed E-state index contributed by atoms with van der Waals surface area (Å²) >= 11 is 1.33. The van der Waals surface area contributed by atoms with E-state index in [1.807, 2.05) is 6.07 Å². The third kappa shape index (κ3) is 6.63. The summed E-state index contributed by atoms with van der Waals surface area (Å²) in [6.45, 7) is 2.12. The Balaban J connectivity index is 1.54. The molecule has 0 fully saturated rings. The van der Waals surface area contributed by atoms with Crippen molar-refractivity contribution in [3.63, 3.8) is 0 Å². The summed E-state index contributed by atoms with van der Waals surface area (Å²) in [5.74, 6) is -1.08. The maximum Gasteiger partial charge on any atom is 0.311 e. The summed E-state index contributed by atoms with van der Waals surface area (Å²) in [5.41, 5.74) is 4.58. The topological polar surface area (TPSA) is 72.8 Å². The van der Waals surface area contributed by atoms with Gasteiger partial charge >= 0.3 is 5.97 Å². The van der Waals surface area contributed by atoms with Gasteiger partial charge in [-0.05, 0) is 42.3 Å². The lowest BCUT2D eigenvalue weighted by Gasteiger charge is -2.07. The van der Waals surface area contributed by atoms with Gasteiger partial charge in [0.15, 0.2) is 0 Å². The lowest BCUT2D eigenvalue weighted by Crippen LogP contribution is -2.07. The van der Waals surface area contributed by atoms with Gasteiger partial charge in [0, 0.05) is 11.4 Å². The Bertz CT molecular complexity index is 1020. The van der Waals surface area contributed by atoms with Crippen molar-refractivity contribution in [2.75, 3.05) is 12.0 Å². The molecule has 1 heterocycles. The van der Waals surface area contributed by atoms with Crippen LogP contribution in [0, 0.1) is 11.6 Å². The van der Waals surface area contributed by atoms with Crippen molar-refractivity contribution in [2.45, 2.75) is 20.0 Å². The number of esters is 1. The molecular formula is C21H19F2N3O3S. The van der Waals surface area contributed by atoms with Crippen molar-refractivity contribution in [2.24, 2.45) is 5.10 Å². The highest BCUT2D eigenvalue weighted by molar-refractivity contribution is 7.13. The molecule has 156 valence electrons. The molecule has 0 unspecified atom stereocenters. The maximum absolute atomic E-state index is 13.2. The van der Waals surface area contributed by atoms with Gasteiger partial charge in [-0.15, -0.1) is 11.3 Å². The standard InChI is InChI=1S/C21H19F2N3O3S/c1-2-28-20(27)10-18-13-30-21(25-18)26-24-11-14-4-3-5-19(8-14)29-12-15-6-16(22)9-17(23)7-15/h3-9,11,13H,2,10,12H2,1H3,(H,25,26). The number of anilines is 1. The molecule has 1 N–H and O–H groups in total. The van der Waals surface area contributed by atoms with E-state index in [1.54, 1.807) is 36.7 Å². The van der Waals surface area contributed by atoms with Crippen LogP contribution >= 0.6 is 11.3 Å². The first-order chi connectivity index (χ1) is 14.5. The number of aromatic nitrogens is 1. The molecular weight excluding hydrogens is 412 g/mol. The van der Waals surface area contributed by atoms with Gasteiger partial charge in [0.05, 0.1) is 24.9 Å².